The van der Waals surface area contributed by atoms with Gasteiger partial charge in [0.1, 0.15) is 0 Å². The Morgan fingerprint density at radius 1 is 1.14 bits per heavy atom. The lowest BCUT2D eigenvalue weighted by Crippen LogP contribution is -2.08. The van der Waals surface area contributed by atoms with Crippen LogP contribution in [0.4, 0.5) is 0 Å². The molecule has 21 heavy (non-hydrogen) atoms. The maximum atomic E-state index is 12.5. The van der Waals surface area contributed by atoms with Gasteiger partial charge >= 0.3 is 0 Å². The molecule has 1 unspecified atom stereocenters. The van der Waals surface area contributed by atoms with Crippen LogP contribution in [0.15, 0.2) is 18.2 Å². The van der Waals surface area contributed by atoms with Crippen LogP contribution in [0, 0.1) is 11.3 Å². The predicted octanol–water partition coefficient (Wildman–Crippen LogP) is 4.49. The molecule has 1 fully saturated rings. The van der Waals surface area contributed by atoms with Gasteiger partial charge in [0.05, 0.1) is 13.2 Å². The molecule has 0 N–H and O–H groups in total. The number of hydrogen-bond donors (Lipinski definition) is 0. The van der Waals surface area contributed by atoms with Crippen LogP contribution in [0.1, 0.15) is 57.3 Å². The average molecular weight is 290 g/mol. The Morgan fingerprint density at radius 2 is 1.71 bits per heavy atom. The van der Waals surface area contributed by atoms with Gasteiger partial charge in [-0.3, -0.25) is 4.79 Å². The molecule has 1 saturated carbocycles. The van der Waals surface area contributed by atoms with Gasteiger partial charge < -0.3 is 9.47 Å². The van der Waals surface area contributed by atoms with E-state index < -0.39 is 0 Å². The van der Waals surface area contributed by atoms with Gasteiger partial charge in [-0.25, -0.2) is 0 Å². The van der Waals surface area contributed by atoms with Gasteiger partial charge in [-0.05, 0) is 42.9 Å². The van der Waals surface area contributed by atoms with Crippen LogP contribution in [0.3, 0.4) is 0 Å². The Bertz CT molecular complexity index is 505. The highest BCUT2D eigenvalue weighted by atomic mass is 16.5. The van der Waals surface area contributed by atoms with Gasteiger partial charge in [0.25, 0.3) is 0 Å². The molecule has 3 nitrogen and oxygen atoms in total. The maximum absolute atomic E-state index is 12.5. The second-order valence-electron chi connectivity index (χ2n) is 6.47. The summed E-state index contributed by atoms with van der Waals surface area (Å²) < 4.78 is 11.4. The van der Waals surface area contributed by atoms with Gasteiger partial charge in [-0.1, -0.05) is 27.7 Å². The maximum Gasteiger partial charge on any atom is 0.166 e. The van der Waals surface area contributed by atoms with Crippen molar-refractivity contribution >= 4 is 5.78 Å². The van der Waals surface area contributed by atoms with E-state index in [9.17, 15) is 4.79 Å². The van der Waals surface area contributed by atoms with Gasteiger partial charge in [0.2, 0.25) is 0 Å². The molecule has 3 heteroatoms. The third kappa shape index (κ3) is 3.78. The van der Waals surface area contributed by atoms with Crippen LogP contribution in [-0.2, 0) is 0 Å². The summed E-state index contributed by atoms with van der Waals surface area (Å²) in [4.78, 5) is 12.5. The summed E-state index contributed by atoms with van der Waals surface area (Å²) in [6, 6.07) is 5.57. The SMILES string of the molecule is CCCOc1ccc(C(=O)C2CC2(C)C)cc1OCCC. The van der Waals surface area contributed by atoms with Gasteiger partial charge in [0.15, 0.2) is 17.3 Å². The largest absolute Gasteiger partial charge is 0.490 e. The van der Waals surface area contributed by atoms with Crippen molar-refractivity contribution in [3.05, 3.63) is 23.8 Å². The minimum Gasteiger partial charge on any atom is -0.490 e. The fourth-order valence-electron chi connectivity index (χ4n) is 2.43. The molecular formula is C18H26O3. The number of rotatable bonds is 8. The second kappa shape index (κ2) is 6.50. The zero-order chi connectivity index (χ0) is 15.5. The van der Waals surface area contributed by atoms with Gasteiger partial charge in [-0.15, -0.1) is 0 Å². The lowest BCUT2D eigenvalue weighted by atomic mass is 10.0. The minimum absolute atomic E-state index is 0.152. The van der Waals surface area contributed by atoms with Crippen molar-refractivity contribution in [2.75, 3.05) is 13.2 Å². The molecule has 1 aliphatic carbocycles. The number of carbonyl (C=O) groups excluding carboxylic acids is 1. The number of ether oxygens (including phenoxy) is 2. The van der Waals surface area contributed by atoms with Crippen LogP contribution < -0.4 is 9.47 Å². The number of hydrogen-bond acceptors (Lipinski definition) is 3. The Kier molecular flexibility index (Phi) is 4.92. The van der Waals surface area contributed by atoms with E-state index in [1.54, 1.807) is 0 Å². The number of Topliss-reactive ketones (excluding diaryl/α,β-unsaturated/α-hetero) is 1. The molecule has 1 aromatic rings. The van der Waals surface area contributed by atoms with Crippen molar-refractivity contribution < 1.29 is 14.3 Å². The summed E-state index contributed by atoms with van der Waals surface area (Å²) >= 11 is 0. The number of benzene rings is 1. The summed E-state index contributed by atoms with van der Waals surface area (Å²) in [6.45, 7) is 9.71. The summed E-state index contributed by atoms with van der Waals surface area (Å²) in [5, 5.41) is 0. The third-order valence-electron chi connectivity index (χ3n) is 3.98. The Morgan fingerprint density at radius 3 is 2.24 bits per heavy atom. The summed E-state index contributed by atoms with van der Waals surface area (Å²) in [7, 11) is 0. The first kappa shape index (κ1) is 15.9. The van der Waals surface area contributed by atoms with E-state index in [1.807, 2.05) is 18.2 Å². The molecule has 2 rings (SSSR count). The highest BCUT2D eigenvalue weighted by Crippen LogP contribution is 2.53. The first-order valence-electron chi connectivity index (χ1n) is 7.93. The minimum atomic E-state index is 0.152. The van der Waals surface area contributed by atoms with E-state index in [0.29, 0.717) is 19.0 Å². The standard InChI is InChI=1S/C18H26O3/c1-5-9-20-15-8-7-13(11-16(15)21-10-6-2)17(19)14-12-18(14,3)4/h7-8,11,14H,5-6,9-10,12H2,1-4H3. The quantitative estimate of drug-likeness (QED) is 0.662. The highest BCUT2D eigenvalue weighted by Gasteiger charge is 2.50. The van der Waals surface area contributed by atoms with Gasteiger partial charge in [-0.2, -0.15) is 0 Å². The van der Waals surface area contributed by atoms with Crippen molar-refractivity contribution in [2.24, 2.45) is 11.3 Å². The fourth-order valence-corrected chi connectivity index (χ4v) is 2.43. The van der Waals surface area contributed by atoms with E-state index in [2.05, 4.69) is 27.7 Å². The normalized spacial score (nSPS) is 19.1. The Labute approximate surface area is 127 Å². The molecule has 0 aromatic heterocycles. The van der Waals surface area contributed by atoms with Crippen LogP contribution >= 0.6 is 0 Å². The van der Waals surface area contributed by atoms with Crippen LogP contribution in [0.2, 0.25) is 0 Å². The highest BCUT2D eigenvalue weighted by molar-refractivity contribution is 6.00. The first-order valence-corrected chi connectivity index (χ1v) is 7.93. The molecule has 0 saturated heterocycles. The summed E-state index contributed by atoms with van der Waals surface area (Å²) in [5.41, 5.74) is 0.888. The topological polar surface area (TPSA) is 35.5 Å². The molecule has 0 spiro atoms. The smallest absolute Gasteiger partial charge is 0.166 e. The molecule has 1 atom stereocenters. The lowest BCUT2D eigenvalue weighted by Gasteiger charge is -2.13. The average Bonchev–Trinajstić information content (AvgIpc) is 3.11. The first-order chi connectivity index (χ1) is 9.99. The molecule has 0 amide bonds. The third-order valence-corrected chi connectivity index (χ3v) is 3.98. The molecule has 1 aliphatic rings. The molecule has 0 heterocycles. The molecule has 0 radical (unpaired) electrons. The zero-order valence-corrected chi connectivity index (χ0v) is 13.6. The fraction of sp³-hybridized carbons (Fsp3) is 0.611. The van der Waals surface area contributed by atoms with Crippen molar-refractivity contribution in [3.8, 4) is 11.5 Å². The molecule has 1 aromatic carbocycles. The van der Waals surface area contributed by atoms with Crippen LogP contribution in [0.5, 0.6) is 11.5 Å². The monoisotopic (exact) mass is 290 g/mol. The number of ketones is 1. The van der Waals surface area contributed by atoms with E-state index in [4.69, 9.17) is 9.47 Å². The van der Waals surface area contributed by atoms with E-state index >= 15 is 0 Å². The molecule has 0 bridgehead atoms. The predicted molar refractivity (Wildman–Crippen MR) is 84.2 cm³/mol. The van der Waals surface area contributed by atoms with E-state index in [1.165, 1.54) is 0 Å². The van der Waals surface area contributed by atoms with Crippen molar-refractivity contribution in [1.82, 2.24) is 0 Å². The lowest BCUT2D eigenvalue weighted by molar-refractivity contribution is 0.0952. The summed E-state index contributed by atoms with van der Waals surface area (Å²) in [6.07, 6.45) is 2.86. The van der Waals surface area contributed by atoms with Gasteiger partial charge in [0, 0.05) is 11.5 Å². The Hall–Kier alpha value is -1.51. The van der Waals surface area contributed by atoms with Crippen LogP contribution in [0.25, 0.3) is 0 Å². The van der Waals surface area contributed by atoms with Crippen molar-refractivity contribution in [1.29, 1.82) is 0 Å². The van der Waals surface area contributed by atoms with E-state index in [0.717, 1.165) is 30.6 Å². The zero-order valence-electron chi connectivity index (χ0n) is 13.6. The van der Waals surface area contributed by atoms with Crippen molar-refractivity contribution in [2.45, 2.75) is 47.0 Å². The summed E-state index contributed by atoms with van der Waals surface area (Å²) in [5.74, 6) is 1.80. The second-order valence-corrected chi connectivity index (χ2v) is 6.47. The molecule has 0 aliphatic heterocycles. The Balaban J connectivity index is 2.17. The molecular weight excluding hydrogens is 264 g/mol. The van der Waals surface area contributed by atoms with Crippen molar-refractivity contribution in [3.63, 3.8) is 0 Å². The molecule has 116 valence electrons. The number of carbonyl (C=O) groups is 1. The van der Waals surface area contributed by atoms with Crippen LogP contribution in [-0.4, -0.2) is 19.0 Å². The van der Waals surface area contributed by atoms with E-state index in [-0.39, 0.29) is 17.1 Å².